The number of rotatable bonds is 3. The summed E-state index contributed by atoms with van der Waals surface area (Å²) in [5.74, 6) is -1.06. The fraction of sp³-hybridized carbons (Fsp3) is 0.500. The molecule has 0 fully saturated rings. The standard InChI is InChI=1S/C6H9N3O2S/c7-4(5(10)11)1-6(12)2-8-3-9-6/h2-4,12H,1,7H2,(H,10,11). The lowest BCUT2D eigenvalue weighted by Gasteiger charge is -2.17. The van der Waals surface area contributed by atoms with Crippen LogP contribution in [0.2, 0.25) is 0 Å². The molecule has 1 heterocycles. The number of hydrogen-bond acceptors (Lipinski definition) is 5. The van der Waals surface area contributed by atoms with Gasteiger partial charge in [0, 0.05) is 12.6 Å². The van der Waals surface area contributed by atoms with E-state index in [1.807, 2.05) is 0 Å². The zero-order chi connectivity index (χ0) is 9.19. The molecule has 6 heteroatoms. The Morgan fingerprint density at radius 3 is 2.92 bits per heavy atom. The normalized spacial score (nSPS) is 29.2. The van der Waals surface area contributed by atoms with E-state index >= 15 is 0 Å². The van der Waals surface area contributed by atoms with Crippen molar-refractivity contribution in [2.45, 2.75) is 17.3 Å². The monoisotopic (exact) mass is 187 g/mol. The summed E-state index contributed by atoms with van der Waals surface area (Å²) in [7, 11) is 0. The summed E-state index contributed by atoms with van der Waals surface area (Å²) >= 11 is 4.12. The van der Waals surface area contributed by atoms with Crippen molar-refractivity contribution >= 4 is 31.2 Å². The number of carboxylic acid groups (broad SMARTS) is 1. The zero-order valence-corrected chi connectivity index (χ0v) is 7.11. The van der Waals surface area contributed by atoms with E-state index in [9.17, 15) is 4.79 Å². The van der Waals surface area contributed by atoms with E-state index < -0.39 is 16.9 Å². The molecule has 0 aromatic carbocycles. The number of carbonyl (C=O) groups is 1. The predicted molar refractivity (Wildman–Crippen MR) is 48.9 cm³/mol. The van der Waals surface area contributed by atoms with Gasteiger partial charge in [-0.2, -0.15) is 0 Å². The molecule has 1 rings (SSSR count). The van der Waals surface area contributed by atoms with E-state index in [4.69, 9.17) is 10.8 Å². The molecule has 0 aliphatic carbocycles. The van der Waals surface area contributed by atoms with E-state index in [1.54, 1.807) is 0 Å². The molecule has 1 aliphatic rings. The molecule has 3 N–H and O–H groups in total. The van der Waals surface area contributed by atoms with Gasteiger partial charge in [-0.3, -0.25) is 9.79 Å². The lowest BCUT2D eigenvalue weighted by molar-refractivity contribution is -0.138. The summed E-state index contributed by atoms with van der Waals surface area (Å²) in [6.07, 6.45) is 2.95. The van der Waals surface area contributed by atoms with Crippen LogP contribution in [0.5, 0.6) is 0 Å². The minimum atomic E-state index is -1.06. The van der Waals surface area contributed by atoms with Crippen molar-refractivity contribution in [3.8, 4) is 0 Å². The molecule has 0 radical (unpaired) electrons. The minimum absolute atomic E-state index is 0.144. The molecule has 2 unspecified atom stereocenters. The topological polar surface area (TPSA) is 88.0 Å². The van der Waals surface area contributed by atoms with Crippen molar-refractivity contribution in [1.29, 1.82) is 0 Å². The Kier molecular flexibility index (Phi) is 2.49. The van der Waals surface area contributed by atoms with Crippen molar-refractivity contribution in [3.63, 3.8) is 0 Å². The SMILES string of the molecule is NC(CC1(S)C=NC=N1)C(=O)O. The van der Waals surface area contributed by atoms with Crippen molar-refractivity contribution in [3.05, 3.63) is 0 Å². The largest absolute Gasteiger partial charge is 0.480 e. The van der Waals surface area contributed by atoms with E-state index in [2.05, 4.69) is 22.6 Å². The van der Waals surface area contributed by atoms with Gasteiger partial charge in [-0.15, -0.1) is 12.6 Å². The van der Waals surface area contributed by atoms with Crippen LogP contribution in [0.3, 0.4) is 0 Å². The van der Waals surface area contributed by atoms with Gasteiger partial charge in [0.1, 0.15) is 17.3 Å². The van der Waals surface area contributed by atoms with E-state index in [0.29, 0.717) is 0 Å². The molecule has 0 spiro atoms. The van der Waals surface area contributed by atoms with Crippen molar-refractivity contribution in [2.24, 2.45) is 15.7 Å². The smallest absolute Gasteiger partial charge is 0.320 e. The van der Waals surface area contributed by atoms with Crippen molar-refractivity contribution < 1.29 is 9.90 Å². The maximum Gasteiger partial charge on any atom is 0.320 e. The summed E-state index contributed by atoms with van der Waals surface area (Å²) in [4.78, 5) is 17.1. The Labute approximate surface area is 74.8 Å². The van der Waals surface area contributed by atoms with E-state index in [0.717, 1.165) is 0 Å². The second kappa shape index (κ2) is 3.24. The van der Waals surface area contributed by atoms with E-state index in [-0.39, 0.29) is 6.42 Å². The highest BCUT2D eigenvalue weighted by Gasteiger charge is 2.29. The lowest BCUT2D eigenvalue weighted by atomic mass is 10.1. The summed E-state index contributed by atoms with van der Waals surface area (Å²) in [5.41, 5.74) is 5.30. The number of thiol groups is 1. The Balaban J connectivity index is 2.56. The molecule has 5 nitrogen and oxygen atoms in total. The van der Waals surface area contributed by atoms with Gasteiger partial charge in [0.2, 0.25) is 0 Å². The second-order valence-electron chi connectivity index (χ2n) is 2.55. The number of nitrogens with zero attached hydrogens (tertiary/aromatic N) is 2. The fourth-order valence-electron chi connectivity index (χ4n) is 0.836. The molecule has 0 bridgehead atoms. The summed E-state index contributed by atoms with van der Waals surface area (Å²) in [6.45, 7) is 0. The number of nitrogens with two attached hydrogens (primary N) is 1. The maximum absolute atomic E-state index is 10.4. The summed E-state index contributed by atoms with van der Waals surface area (Å²) in [5, 5.41) is 8.50. The number of hydrogen-bond donors (Lipinski definition) is 3. The second-order valence-corrected chi connectivity index (χ2v) is 3.32. The quantitative estimate of drug-likeness (QED) is 0.522. The minimum Gasteiger partial charge on any atom is -0.480 e. The number of carboxylic acids is 1. The molecule has 12 heavy (non-hydrogen) atoms. The third kappa shape index (κ3) is 2.05. The van der Waals surface area contributed by atoms with Gasteiger partial charge in [0.15, 0.2) is 0 Å². The van der Waals surface area contributed by atoms with Crippen LogP contribution in [0.25, 0.3) is 0 Å². The van der Waals surface area contributed by atoms with Crippen LogP contribution >= 0.6 is 12.6 Å². The predicted octanol–water partition coefficient (Wildman–Crippen LogP) is -0.473. The third-order valence-corrected chi connectivity index (χ3v) is 1.88. The first-order valence-corrected chi connectivity index (χ1v) is 3.77. The van der Waals surface area contributed by atoms with Crippen LogP contribution in [0, 0.1) is 0 Å². The molecular weight excluding hydrogens is 178 g/mol. The Morgan fingerprint density at radius 1 is 1.83 bits per heavy atom. The highest BCUT2D eigenvalue weighted by atomic mass is 32.1. The molecule has 66 valence electrons. The van der Waals surface area contributed by atoms with Crippen LogP contribution in [0.4, 0.5) is 0 Å². The molecule has 0 aromatic rings. The third-order valence-electron chi connectivity index (χ3n) is 1.47. The van der Waals surface area contributed by atoms with Crippen LogP contribution in [0.15, 0.2) is 9.98 Å². The van der Waals surface area contributed by atoms with Gasteiger partial charge in [-0.25, -0.2) is 4.99 Å². The van der Waals surface area contributed by atoms with Crippen LogP contribution in [-0.2, 0) is 4.79 Å². The molecule has 0 saturated heterocycles. The van der Waals surface area contributed by atoms with E-state index in [1.165, 1.54) is 12.6 Å². The Hall–Kier alpha value is -0.880. The first kappa shape index (κ1) is 9.21. The molecule has 0 amide bonds. The highest BCUT2D eigenvalue weighted by molar-refractivity contribution is 7.82. The molecule has 0 aromatic heterocycles. The summed E-state index contributed by atoms with van der Waals surface area (Å²) < 4.78 is 0. The van der Waals surface area contributed by atoms with Crippen molar-refractivity contribution in [2.75, 3.05) is 0 Å². The lowest BCUT2D eigenvalue weighted by Crippen LogP contribution is -2.37. The van der Waals surface area contributed by atoms with Crippen LogP contribution in [-0.4, -0.2) is 34.5 Å². The molecule has 0 saturated carbocycles. The van der Waals surface area contributed by atoms with Gasteiger partial charge >= 0.3 is 5.97 Å². The Morgan fingerprint density at radius 2 is 2.50 bits per heavy atom. The van der Waals surface area contributed by atoms with Gasteiger partial charge in [-0.05, 0) is 0 Å². The fourth-order valence-corrected chi connectivity index (χ4v) is 1.15. The summed E-state index contributed by atoms with van der Waals surface area (Å²) in [6, 6.07) is -0.954. The molecule has 1 aliphatic heterocycles. The average Bonchev–Trinajstić information content (AvgIpc) is 2.35. The maximum atomic E-state index is 10.4. The van der Waals surface area contributed by atoms with Gasteiger partial charge < -0.3 is 10.8 Å². The van der Waals surface area contributed by atoms with Crippen molar-refractivity contribution in [1.82, 2.24) is 0 Å². The van der Waals surface area contributed by atoms with Crippen LogP contribution < -0.4 is 5.73 Å². The number of aliphatic carboxylic acids is 1. The van der Waals surface area contributed by atoms with Gasteiger partial charge in [0.25, 0.3) is 0 Å². The highest BCUT2D eigenvalue weighted by Crippen LogP contribution is 2.22. The Bertz CT molecular complexity index is 239. The first-order chi connectivity index (χ1) is 5.53. The van der Waals surface area contributed by atoms with Crippen LogP contribution in [0.1, 0.15) is 6.42 Å². The average molecular weight is 187 g/mol. The molecular formula is C6H9N3O2S. The zero-order valence-electron chi connectivity index (χ0n) is 6.21. The number of aliphatic imine (C=N–C) groups is 2. The van der Waals surface area contributed by atoms with Gasteiger partial charge in [-0.1, -0.05) is 0 Å². The van der Waals surface area contributed by atoms with Gasteiger partial charge in [0.05, 0.1) is 0 Å². The molecule has 2 atom stereocenters. The first-order valence-electron chi connectivity index (χ1n) is 3.32.